The molecule has 0 aliphatic carbocycles. The van der Waals surface area contributed by atoms with Gasteiger partial charge in [-0.2, -0.15) is 0 Å². The first-order valence-corrected chi connectivity index (χ1v) is 13.6. The highest BCUT2D eigenvalue weighted by atomic mass is 16.5. The minimum atomic E-state index is 0.0767. The molecule has 0 radical (unpaired) electrons. The van der Waals surface area contributed by atoms with Gasteiger partial charge in [0, 0.05) is 39.3 Å². The quantitative estimate of drug-likeness (QED) is 0.537. The average molecular weight is 476 g/mol. The van der Waals surface area contributed by atoms with E-state index in [0.29, 0.717) is 31.0 Å². The van der Waals surface area contributed by atoms with Gasteiger partial charge in [-0.05, 0) is 55.8 Å². The minimum absolute atomic E-state index is 0.0767. The molecule has 3 aliphatic heterocycles. The van der Waals surface area contributed by atoms with Gasteiger partial charge in [0.05, 0.1) is 18.6 Å². The van der Waals surface area contributed by atoms with E-state index < -0.39 is 0 Å². The SMILES string of the molecule is COCCN(C[C@@H]1CCCN2CCCC[C@H]12)C(=O)C1CN(C(c2ccccc2)c2ccccc2)C1. The predicted octanol–water partition coefficient (Wildman–Crippen LogP) is 4.45. The maximum absolute atomic E-state index is 13.7. The molecule has 5 rings (SSSR count). The van der Waals surface area contributed by atoms with E-state index in [4.69, 9.17) is 4.74 Å². The van der Waals surface area contributed by atoms with Gasteiger partial charge >= 0.3 is 0 Å². The second kappa shape index (κ2) is 11.7. The number of likely N-dealkylation sites (tertiary alicyclic amines) is 1. The van der Waals surface area contributed by atoms with Crippen LogP contribution in [0.2, 0.25) is 0 Å². The van der Waals surface area contributed by atoms with Crippen molar-refractivity contribution in [1.82, 2.24) is 14.7 Å². The van der Waals surface area contributed by atoms with Gasteiger partial charge in [0.15, 0.2) is 0 Å². The summed E-state index contributed by atoms with van der Waals surface area (Å²) in [6.07, 6.45) is 6.47. The first kappa shape index (κ1) is 24.5. The first-order chi connectivity index (χ1) is 17.2. The molecule has 0 saturated carbocycles. The lowest BCUT2D eigenvalue weighted by Gasteiger charge is -2.48. The van der Waals surface area contributed by atoms with Crippen LogP contribution in [-0.4, -0.2) is 79.6 Å². The molecule has 2 atom stereocenters. The predicted molar refractivity (Wildman–Crippen MR) is 140 cm³/mol. The molecule has 0 N–H and O–H groups in total. The number of ether oxygens (including phenoxy) is 1. The molecule has 5 heteroatoms. The van der Waals surface area contributed by atoms with Gasteiger partial charge < -0.3 is 14.5 Å². The Hall–Kier alpha value is -2.21. The molecular weight excluding hydrogens is 434 g/mol. The Morgan fingerprint density at radius 1 is 0.943 bits per heavy atom. The van der Waals surface area contributed by atoms with Crippen LogP contribution in [0.15, 0.2) is 60.7 Å². The molecule has 5 nitrogen and oxygen atoms in total. The summed E-state index contributed by atoms with van der Waals surface area (Å²) in [6.45, 7) is 6.32. The van der Waals surface area contributed by atoms with Gasteiger partial charge in [0.1, 0.15) is 0 Å². The van der Waals surface area contributed by atoms with Crippen LogP contribution in [0.4, 0.5) is 0 Å². The molecule has 0 bridgehead atoms. The largest absolute Gasteiger partial charge is 0.383 e. The maximum atomic E-state index is 13.7. The number of rotatable bonds is 9. The van der Waals surface area contributed by atoms with Crippen LogP contribution in [0, 0.1) is 11.8 Å². The van der Waals surface area contributed by atoms with E-state index in [1.165, 1.54) is 56.3 Å². The fraction of sp³-hybridized carbons (Fsp3) is 0.567. The summed E-state index contributed by atoms with van der Waals surface area (Å²) < 4.78 is 5.41. The third-order valence-corrected chi connectivity index (χ3v) is 8.42. The van der Waals surface area contributed by atoms with Crippen molar-refractivity contribution in [1.29, 1.82) is 0 Å². The lowest BCUT2D eigenvalue weighted by molar-refractivity contribution is -0.144. The highest BCUT2D eigenvalue weighted by Gasteiger charge is 2.41. The number of piperidine rings is 2. The molecule has 35 heavy (non-hydrogen) atoms. The van der Waals surface area contributed by atoms with Crippen LogP contribution in [0.5, 0.6) is 0 Å². The van der Waals surface area contributed by atoms with Gasteiger partial charge in [-0.15, -0.1) is 0 Å². The fourth-order valence-electron chi connectivity index (χ4n) is 6.59. The van der Waals surface area contributed by atoms with Crippen LogP contribution in [0.3, 0.4) is 0 Å². The van der Waals surface area contributed by atoms with Crippen molar-refractivity contribution in [3.05, 3.63) is 71.8 Å². The summed E-state index contributed by atoms with van der Waals surface area (Å²) in [4.78, 5) is 21.0. The van der Waals surface area contributed by atoms with Gasteiger partial charge in [-0.1, -0.05) is 67.1 Å². The third kappa shape index (κ3) is 5.63. The molecule has 2 aromatic carbocycles. The molecule has 3 fully saturated rings. The topological polar surface area (TPSA) is 36.0 Å². The number of carbonyl (C=O) groups excluding carboxylic acids is 1. The number of amides is 1. The van der Waals surface area contributed by atoms with Crippen molar-refractivity contribution in [3.63, 3.8) is 0 Å². The second-order valence-corrected chi connectivity index (χ2v) is 10.7. The van der Waals surface area contributed by atoms with Gasteiger partial charge in [-0.3, -0.25) is 9.69 Å². The number of fused-ring (bicyclic) bond motifs is 1. The number of hydrogen-bond donors (Lipinski definition) is 0. The lowest BCUT2D eigenvalue weighted by atomic mass is 9.83. The first-order valence-electron chi connectivity index (χ1n) is 13.6. The van der Waals surface area contributed by atoms with Crippen molar-refractivity contribution in [2.24, 2.45) is 11.8 Å². The van der Waals surface area contributed by atoms with Crippen LogP contribution < -0.4 is 0 Å². The summed E-state index contributed by atoms with van der Waals surface area (Å²) >= 11 is 0. The van der Waals surface area contributed by atoms with Crippen molar-refractivity contribution >= 4 is 5.91 Å². The molecule has 188 valence electrons. The Kier molecular flexibility index (Phi) is 8.17. The number of nitrogens with zero attached hydrogens (tertiary/aromatic N) is 3. The second-order valence-electron chi connectivity index (χ2n) is 10.7. The Balaban J connectivity index is 1.26. The number of hydrogen-bond acceptors (Lipinski definition) is 4. The summed E-state index contributed by atoms with van der Waals surface area (Å²) in [5.74, 6) is 1.00. The molecule has 0 aromatic heterocycles. The number of methoxy groups -OCH3 is 1. The minimum Gasteiger partial charge on any atom is -0.383 e. The van der Waals surface area contributed by atoms with Gasteiger partial charge in [0.25, 0.3) is 0 Å². The summed E-state index contributed by atoms with van der Waals surface area (Å²) in [5, 5.41) is 0. The molecular formula is C30H41N3O2. The Bertz CT molecular complexity index is 890. The normalized spacial score (nSPS) is 23.6. The summed E-state index contributed by atoms with van der Waals surface area (Å²) in [6, 6.07) is 22.3. The molecule has 1 amide bonds. The van der Waals surface area contributed by atoms with E-state index in [2.05, 4.69) is 75.4 Å². The van der Waals surface area contributed by atoms with E-state index in [9.17, 15) is 4.79 Å². The van der Waals surface area contributed by atoms with E-state index >= 15 is 0 Å². The van der Waals surface area contributed by atoms with E-state index in [1.807, 2.05) is 0 Å². The van der Waals surface area contributed by atoms with Crippen molar-refractivity contribution < 1.29 is 9.53 Å². The highest BCUT2D eigenvalue weighted by molar-refractivity contribution is 5.80. The molecule has 0 spiro atoms. The molecule has 3 saturated heterocycles. The molecule has 3 aliphatic rings. The van der Waals surface area contributed by atoms with E-state index in [0.717, 1.165) is 19.6 Å². The van der Waals surface area contributed by atoms with Gasteiger partial charge in [-0.25, -0.2) is 0 Å². The Morgan fingerprint density at radius 3 is 2.26 bits per heavy atom. The van der Waals surface area contributed by atoms with E-state index in [1.54, 1.807) is 7.11 Å². The van der Waals surface area contributed by atoms with Crippen molar-refractivity contribution in [2.45, 2.75) is 44.2 Å². The van der Waals surface area contributed by atoms with Crippen LogP contribution >= 0.6 is 0 Å². The molecule has 2 aromatic rings. The smallest absolute Gasteiger partial charge is 0.228 e. The summed E-state index contributed by atoms with van der Waals surface area (Å²) in [7, 11) is 1.74. The molecule has 3 heterocycles. The zero-order valence-electron chi connectivity index (χ0n) is 21.2. The third-order valence-electron chi connectivity index (χ3n) is 8.42. The van der Waals surface area contributed by atoms with E-state index in [-0.39, 0.29) is 12.0 Å². The zero-order chi connectivity index (χ0) is 24.0. The standard InChI is InChI=1S/C30H41N3O2/c1-35-20-19-32(21-26-15-10-18-31-17-9-8-16-28(26)31)30(34)27-22-33(23-27)29(24-11-4-2-5-12-24)25-13-6-3-7-14-25/h2-7,11-14,26-29H,8-10,15-23H2,1H3/t26-,28+/m0/s1. The van der Waals surface area contributed by atoms with Gasteiger partial charge in [0.2, 0.25) is 5.91 Å². The monoisotopic (exact) mass is 475 g/mol. The molecule has 0 unspecified atom stereocenters. The number of benzene rings is 2. The average Bonchev–Trinajstić information content (AvgIpc) is 2.89. The Labute approximate surface area is 211 Å². The lowest BCUT2D eigenvalue weighted by Crippen LogP contribution is -2.58. The Morgan fingerprint density at radius 2 is 1.60 bits per heavy atom. The highest BCUT2D eigenvalue weighted by Crippen LogP contribution is 2.36. The van der Waals surface area contributed by atoms with Crippen LogP contribution in [-0.2, 0) is 9.53 Å². The summed E-state index contributed by atoms with van der Waals surface area (Å²) in [5.41, 5.74) is 2.58. The maximum Gasteiger partial charge on any atom is 0.228 e. The van der Waals surface area contributed by atoms with Crippen LogP contribution in [0.25, 0.3) is 0 Å². The fourth-order valence-corrected chi connectivity index (χ4v) is 6.59. The van der Waals surface area contributed by atoms with Crippen molar-refractivity contribution in [3.8, 4) is 0 Å². The number of carbonyl (C=O) groups is 1. The van der Waals surface area contributed by atoms with Crippen molar-refractivity contribution in [2.75, 3.05) is 53.0 Å². The zero-order valence-corrected chi connectivity index (χ0v) is 21.2. The van der Waals surface area contributed by atoms with Crippen LogP contribution in [0.1, 0.15) is 49.3 Å².